The van der Waals surface area contributed by atoms with Crippen LogP contribution in [0, 0.1) is 0 Å². The highest BCUT2D eigenvalue weighted by molar-refractivity contribution is 7.99. The third kappa shape index (κ3) is 4.93. The lowest BCUT2D eigenvalue weighted by molar-refractivity contribution is -0.113. The van der Waals surface area contributed by atoms with E-state index in [-0.39, 0.29) is 23.1 Å². The lowest BCUT2D eigenvalue weighted by atomic mass is 10.0. The first-order valence-electron chi connectivity index (χ1n) is 10.7. The summed E-state index contributed by atoms with van der Waals surface area (Å²) < 4.78 is 6.78. The summed E-state index contributed by atoms with van der Waals surface area (Å²) in [6, 6.07) is 22.2. The van der Waals surface area contributed by atoms with E-state index in [2.05, 4.69) is 19.2 Å². The number of benzene rings is 3. The average Bonchev–Trinajstić information content (AvgIpc) is 2.83. The van der Waals surface area contributed by atoms with Crippen molar-refractivity contribution in [1.82, 2.24) is 9.55 Å². The predicted octanol–water partition coefficient (Wildman–Crippen LogP) is 5.25. The predicted molar refractivity (Wildman–Crippen MR) is 134 cm³/mol. The van der Waals surface area contributed by atoms with Gasteiger partial charge < -0.3 is 10.1 Å². The Morgan fingerprint density at radius 1 is 1.03 bits per heavy atom. The highest BCUT2D eigenvalue weighted by atomic mass is 32.2. The first-order chi connectivity index (χ1) is 16.0. The maximum atomic E-state index is 13.3. The standard InChI is InChI=1S/C26H25N3O3S/c1-17(2)20-8-4-6-10-22(20)27-24(30)16-33-26-28-23-11-7-5-9-21(23)25(31)29(26)18-12-14-19(32-3)15-13-18/h4-15,17H,16H2,1-3H3,(H,27,30). The highest BCUT2D eigenvalue weighted by Crippen LogP contribution is 2.26. The molecule has 0 unspecified atom stereocenters. The molecule has 33 heavy (non-hydrogen) atoms. The third-order valence-electron chi connectivity index (χ3n) is 5.26. The molecule has 1 amide bonds. The number of ether oxygens (including phenoxy) is 1. The topological polar surface area (TPSA) is 73.2 Å². The van der Waals surface area contributed by atoms with E-state index >= 15 is 0 Å². The number of anilines is 1. The van der Waals surface area contributed by atoms with Crippen molar-refractivity contribution in [2.45, 2.75) is 24.9 Å². The second-order valence-corrected chi connectivity index (χ2v) is 8.77. The van der Waals surface area contributed by atoms with Gasteiger partial charge in [-0.05, 0) is 53.9 Å². The van der Waals surface area contributed by atoms with Crippen molar-refractivity contribution >= 4 is 34.3 Å². The van der Waals surface area contributed by atoms with Gasteiger partial charge in [-0.3, -0.25) is 14.2 Å². The lowest BCUT2D eigenvalue weighted by Gasteiger charge is -2.15. The minimum atomic E-state index is -0.182. The van der Waals surface area contributed by atoms with Gasteiger partial charge in [0.15, 0.2) is 5.16 Å². The molecular weight excluding hydrogens is 434 g/mol. The Labute approximate surface area is 196 Å². The Balaban J connectivity index is 1.65. The molecule has 0 saturated heterocycles. The Bertz CT molecular complexity index is 1350. The van der Waals surface area contributed by atoms with E-state index in [1.165, 1.54) is 11.8 Å². The average molecular weight is 460 g/mol. The van der Waals surface area contributed by atoms with Crippen molar-refractivity contribution in [2.75, 3.05) is 18.2 Å². The number of aromatic nitrogens is 2. The molecule has 0 aliphatic rings. The van der Waals surface area contributed by atoms with Gasteiger partial charge in [0.2, 0.25) is 5.91 Å². The van der Waals surface area contributed by atoms with Crippen molar-refractivity contribution in [1.29, 1.82) is 0 Å². The zero-order valence-electron chi connectivity index (χ0n) is 18.7. The number of methoxy groups -OCH3 is 1. The van der Waals surface area contributed by atoms with Crippen LogP contribution in [0.25, 0.3) is 16.6 Å². The van der Waals surface area contributed by atoms with E-state index in [1.807, 2.05) is 36.4 Å². The van der Waals surface area contributed by atoms with Gasteiger partial charge in [0.05, 0.1) is 29.5 Å². The zero-order valence-corrected chi connectivity index (χ0v) is 19.6. The van der Waals surface area contributed by atoms with Crippen LogP contribution in [0.5, 0.6) is 5.75 Å². The van der Waals surface area contributed by atoms with Gasteiger partial charge in [-0.15, -0.1) is 0 Å². The second-order valence-electron chi connectivity index (χ2n) is 7.83. The van der Waals surface area contributed by atoms with Crippen LogP contribution in [-0.4, -0.2) is 28.3 Å². The first-order valence-corrected chi connectivity index (χ1v) is 11.6. The van der Waals surface area contributed by atoms with Crippen LogP contribution in [0.1, 0.15) is 25.3 Å². The molecule has 6 nitrogen and oxygen atoms in total. The van der Waals surface area contributed by atoms with Crippen LogP contribution in [0.4, 0.5) is 5.69 Å². The smallest absolute Gasteiger partial charge is 0.266 e. The fourth-order valence-electron chi connectivity index (χ4n) is 3.60. The van der Waals surface area contributed by atoms with Crippen LogP contribution in [-0.2, 0) is 4.79 Å². The molecule has 1 heterocycles. The molecule has 4 aromatic rings. The number of hydrogen-bond donors (Lipinski definition) is 1. The SMILES string of the molecule is COc1ccc(-n2c(SCC(=O)Nc3ccccc3C(C)C)nc3ccccc3c2=O)cc1. The normalized spacial score (nSPS) is 11.0. The number of carbonyl (C=O) groups is 1. The third-order valence-corrected chi connectivity index (χ3v) is 6.20. The van der Waals surface area contributed by atoms with Gasteiger partial charge in [-0.2, -0.15) is 0 Å². The fraction of sp³-hybridized carbons (Fsp3) is 0.192. The molecule has 0 radical (unpaired) electrons. The van der Waals surface area contributed by atoms with Gasteiger partial charge in [0.25, 0.3) is 5.56 Å². The molecule has 0 fully saturated rings. The summed E-state index contributed by atoms with van der Waals surface area (Å²) in [5, 5.41) is 3.97. The molecule has 0 atom stereocenters. The van der Waals surface area contributed by atoms with Gasteiger partial charge in [0, 0.05) is 5.69 Å². The number of para-hydroxylation sites is 2. The summed E-state index contributed by atoms with van der Waals surface area (Å²) in [7, 11) is 1.59. The van der Waals surface area contributed by atoms with E-state index in [9.17, 15) is 9.59 Å². The van der Waals surface area contributed by atoms with Crippen molar-refractivity contribution in [3.63, 3.8) is 0 Å². The summed E-state index contributed by atoms with van der Waals surface area (Å²) in [5.41, 5.74) is 2.96. The van der Waals surface area contributed by atoms with Crippen LogP contribution < -0.4 is 15.6 Å². The molecule has 1 N–H and O–H groups in total. The number of hydrogen-bond acceptors (Lipinski definition) is 5. The van der Waals surface area contributed by atoms with Gasteiger partial charge >= 0.3 is 0 Å². The fourth-order valence-corrected chi connectivity index (χ4v) is 4.41. The summed E-state index contributed by atoms with van der Waals surface area (Å²) >= 11 is 1.23. The van der Waals surface area contributed by atoms with Crippen LogP contribution in [0.2, 0.25) is 0 Å². The number of carbonyl (C=O) groups excluding carboxylic acids is 1. The molecular formula is C26H25N3O3S. The molecule has 0 aliphatic heterocycles. The Hall–Kier alpha value is -3.58. The van der Waals surface area contributed by atoms with Crippen molar-refractivity contribution in [2.24, 2.45) is 0 Å². The monoisotopic (exact) mass is 459 g/mol. The minimum Gasteiger partial charge on any atom is -0.497 e. The van der Waals surface area contributed by atoms with E-state index < -0.39 is 0 Å². The van der Waals surface area contributed by atoms with E-state index in [1.54, 1.807) is 48.1 Å². The molecule has 3 aromatic carbocycles. The number of thioether (sulfide) groups is 1. The molecule has 0 spiro atoms. The van der Waals surface area contributed by atoms with Crippen molar-refractivity contribution in [3.05, 3.63) is 88.7 Å². The number of amides is 1. The van der Waals surface area contributed by atoms with E-state index in [0.29, 0.717) is 27.5 Å². The lowest BCUT2D eigenvalue weighted by Crippen LogP contribution is -2.23. The van der Waals surface area contributed by atoms with Gasteiger partial charge in [-0.25, -0.2) is 4.98 Å². The Morgan fingerprint density at radius 3 is 2.45 bits per heavy atom. The highest BCUT2D eigenvalue weighted by Gasteiger charge is 2.16. The Morgan fingerprint density at radius 2 is 1.73 bits per heavy atom. The maximum absolute atomic E-state index is 13.3. The number of nitrogens with one attached hydrogen (secondary N) is 1. The summed E-state index contributed by atoms with van der Waals surface area (Å²) in [6.07, 6.45) is 0. The van der Waals surface area contributed by atoms with Gasteiger partial charge in [-0.1, -0.05) is 55.9 Å². The van der Waals surface area contributed by atoms with Crippen LogP contribution in [0.15, 0.2) is 82.7 Å². The summed E-state index contributed by atoms with van der Waals surface area (Å²) in [4.78, 5) is 30.8. The van der Waals surface area contributed by atoms with E-state index in [4.69, 9.17) is 9.72 Å². The second kappa shape index (κ2) is 9.92. The number of rotatable bonds is 7. The summed E-state index contributed by atoms with van der Waals surface area (Å²) in [5.74, 6) is 0.944. The molecule has 4 rings (SSSR count). The largest absolute Gasteiger partial charge is 0.497 e. The maximum Gasteiger partial charge on any atom is 0.266 e. The molecule has 0 bridgehead atoms. The van der Waals surface area contributed by atoms with E-state index in [0.717, 1.165) is 11.3 Å². The van der Waals surface area contributed by atoms with Crippen LogP contribution in [0.3, 0.4) is 0 Å². The quantitative estimate of drug-likeness (QED) is 0.302. The molecule has 0 aliphatic carbocycles. The molecule has 168 valence electrons. The van der Waals surface area contributed by atoms with Crippen molar-refractivity contribution < 1.29 is 9.53 Å². The van der Waals surface area contributed by atoms with Crippen LogP contribution >= 0.6 is 11.8 Å². The first kappa shape index (κ1) is 22.6. The number of fused-ring (bicyclic) bond motifs is 1. The molecule has 0 saturated carbocycles. The molecule has 1 aromatic heterocycles. The molecule has 7 heteroatoms. The Kier molecular flexibility index (Phi) is 6.79. The van der Waals surface area contributed by atoms with Crippen molar-refractivity contribution in [3.8, 4) is 11.4 Å². The minimum absolute atomic E-state index is 0.118. The number of nitrogens with zero attached hydrogens (tertiary/aromatic N) is 2. The zero-order chi connectivity index (χ0) is 23.4. The summed E-state index contributed by atoms with van der Waals surface area (Å²) in [6.45, 7) is 4.18. The van der Waals surface area contributed by atoms with Gasteiger partial charge in [0.1, 0.15) is 5.75 Å².